The highest BCUT2D eigenvalue weighted by molar-refractivity contribution is 5.84. The largest absolute Gasteiger partial charge is 0.387 e. The number of rotatable bonds is 7. The molecule has 1 aliphatic heterocycles. The topological polar surface area (TPSA) is 62.3 Å². The molecule has 1 heterocycles. The highest BCUT2D eigenvalue weighted by atomic mass is 16.5. The maximum absolute atomic E-state index is 7.89. The summed E-state index contributed by atoms with van der Waals surface area (Å²) in [5.74, 6) is 0.230. The summed E-state index contributed by atoms with van der Waals surface area (Å²) in [6.45, 7) is 5.82. The summed E-state index contributed by atoms with van der Waals surface area (Å²) in [6.07, 6.45) is 3.71. The Bertz CT molecular complexity index is 435. The Morgan fingerprint density at radius 3 is 2.86 bits per heavy atom. The van der Waals surface area contributed by atoms with Crippen molar-refractivity contribution in [2.24, 2.45) is 5.73 Å². The van der Waals surface area contributed by atoms with E-state index >= 15 is 0 Å². The SMILES string of the molecule is CCCOC1CCCN(CC(C(=N)N)c2ccccc2)C1. The molecule has 4 heteroatoms. The normalized spacial score (nSPS) is 21.1. The highest BCUT2D eigenvalue weighted by Crippen LogP contribution is 2.20. The van der Waals surface area contributed by atoms with Crippen LogP contribution in [0.15, 0.2) is 30.3 Å². The van der Waals surface area contributed by atoms with Crippen LogP contribution in [0.4, 0.5) is 0 Å². The van der Waals surface area contributed by atoms with Gasteiger partial charge in [-0.05, 0) is 31.4 Å². The van der Waals surface area contributed by atoms with Crippen LogP contribution in [-0.4, -0.2) is 43.1 Å². The molecule has 0 aromatic heterocycles. The number of piperidine rings is 1. The third kappa shape index (κ3) is 4.83. The van der Waals surface area contributed by atoms with E-state index < -0.39 is 0 Å². The lowest BCUT2D eigenvalue weighted by Gasteiger charge is -2.34. The molecule has 1 aliphatic rings. The Labute approximate surface area is 127 Å². The van der Waals surface area contributed by atoms with Crippen molar-refractivity contribution in [3.8, 4) is 0 Å². The summed E-state index contributed by atoms with van der Waals surface area (Å²) in [5.41, 5.74) is 6.95. The predicted octanol–water partition coefficient (Wildman–Crippen LogP) is 2.60. The van der Waals surface area contributed by atoms with E-state index in [2.05, 4.69) is 24.0 Å². The molecule has 1 aromatic rings. The fraction of sp³-hybridized carbons (Fsp3) is 0.588. The number of hydrogen-bond donors (Lipinski definition) is 2. The van der Waals surface area contributed by atoms with Gasteiger partial charge in [0.2, 0.25) is 0 Å². The molecule has 0 aliphatic carbocycles. The van der Waals surface area contributed by atoms with Crippen molar-refractivity contribution in [2.45, 2.75) is 38.2 Å². The molecule has 0 radical (unpaired) electrons. The van der Waals surface area contributed by atoms with Gasteiger partial charge in [-0.2, -0.15) is 0 Å². The van der Waals surface area contributed by atoms with Crippen molar-refractivity contribution in [2.75, 3.05) is 26.2 Å². The molecule has 2 unspecified atom stereocenters. The average molecular weight is 289 g/mol. The number of hydrogen-bond acceptors (Lipinski definition) is 3. The first kappa shape index (κ1) is 16.0. The molecule has 1 fully saturated rings. The summed E-state index contributed by atoms with van der Waals surface area (Å²) < 4.78 is 5.88. The molecule has 0 bridgehead atoms. The van der Waals surface area contributed by atoms with Crippen molar-refractivity contribution in [3.05, 3.63) is 35.9 Å². The summed E-state index contributed by atoms with van der Waals surface area (Å²) in [5, 5.41) is 7.89. The molecular weight excluding hydrogens is 262 g/mol. The molecule has 4 nitrogen and oxygen atoms in total. The molecule has 1 saturated heterocycles. The molecule has 2 atom stereocenters. The van der Waals surface area contributed by atoms with E-state index in [-0.39, 0.29) is 11.8 Å². The fourth-order valence-corrected chi connectivity index (χ4v) is 2.93. The van der Waals surface area contributed by atoms with E-state index in [0.717, 1.165) is 51.1 Å². The second-order valence-electron chi connectivity index (χ2n) is 5.81. The van der Waals surface area contributed by atoms with Crippen molar-refractivity contribution in [1.29, 1.82) is 5.41 Å². The van der Waals surface area contributed by atoms with Crippen molar-refractivity contribution in [1.82, 2.24) is 4.90 Å². The minimum Gasteiger partial charge on any atom is -0.387 e. The zero-order valence-corrected chi connectivity index (χ0v) is 12.9. The zero-order chi connectivity index (χ0) is 15.1. The summed E-state index contributed by atoms with van der Waals surface area (Å²) in [4.78, 5) is 2.39. The first-order valence-corrected chi connectivity index (χ1v) is 7.93. The Hall–Kier alpha value is -1.39. The number of likely N-dealkylation sites (tertiary alicyclic amines) is 1. The van der Waals surface area contributed by atoms with Crippen LogP contribution < -0.4 is 5.73 Å². The van der Waals surface area contributed by atoms with Gasteiger partial charge in [-0.25, -0.2) is 0 Å². The van der Waals surface area contributed by atoms with E-state index in [0.29, 0.717) is 6.10 Å². The van der Waals surface area contributed by atoms with Crippen LogP contribution >= 0.6 is 0 Å². The van der Waals surface area contributed by atoms with Crippen LogP contribution in [0, 0.1) is 5.41 Å². The van der Waals surface area contributed by atoms with E-state index in [1.165, 1.54) is 0 Å². The molecule has 1 aromatic carbocycles. The van der Waals surface area contributed by atoms with Gasteiger partial charge in [0, 0.05) is 19.7 Å². The molecule has 2 rings (SSSR count). The van der Waals surface area contributed by atoms with Gasteiger partial charge in [0.1, 0.15) is 0 Å². The molecular formula is C17H27N3O. The van der Waals surface area contributed by atoms with Gasteiger partial charge in [0.25, 0.3) is 0 Å². The monoisotopic (exact) mass is 289 g/mol. The Morgan fingerprint density at radius 2 is 2.19 bits per heavy atom. The number of amidine groups is 1. The minimum atomic E-state index is -0.0175. The molecule has 21 heavy (non-hydrogen) atoms. The van der Waals surface area contributed by atoms with Crippen molar-refractivity contribution < 1.29 is 4.74 Å². The molecule has 0 amide bonds. The quantitative estimate of drug-likeness (QED) is 0.599. The van der Waals surface area contributed by atoms with E-state index in [1.807, 2.05) is 18.2 Å². The number of ether oxygens (including phenoxy) is 1. The Morgan fingerprint density at radius 1 is 1.43 bits per heavy atom. The molecule has 0 saturated carbocycles. The van der Waals surface area contributed by atoms with Crippen LogP contribution in [-0.2, 0) is 4.74 Å². The Balaban J connectivity index is 1.95. The zero-order valence-electron chi connectivity index (χ0n) is 12.9. The lowest BCUT2D eigenvalue weighted by Crippen LogP contribution is -2.43. The molecule has 3 N–H and O–H groups in total. The van der Waals surface area contributed by atoms with Crippen LogP contribution in [0.1, 0.15) is 37.7 Å². The third-order valence-electron chi connectivity index (χ3n) is 4.04. The standard InChI is InChI=1S/C17H27N3O/c1-2-11-21-15-9-6-10-20(12-15)13-16(17(18)19)14-7-4-3-5-8-14/h3-5,7-8,15-16H,2,6,9-13H2,1H3,(H3,18,19). The lowest BCUT2D eigenvalue weighted by molar-refractivity contribution is -0.000272. The van der Waals surface area contributed by atoms with Gasteiger partial charge in [0.05, 0.1) is 17.9 Å². The first-order valence-electron chi connectivity index (χ1n) is 7.93. The van der Waals surface area contributed by atoms with E-state index in [4.69, 9.17) is 15.9 Å². The highest BCUT2D eigenvalue weighted by Gasteiger charge is 2.24. The van der Waals surface area contributed by atoms with Crippen LogP contribution in [0.2, 0.25) is 0 Å². The average Bonchev–Trinajstić information content (AvgIpc) is 2.51. The van der Waals surface area contributed by atoms with Gasteiger partial charge >= 0.3 is 0 Å². The van der Waals surface area contributed by atoms with Crippen molar-refractivity contribution >= 4 is 5.84 Å². The van der Waals surface area contributed by atoms with Gasteiger partial charge in [-0.3, -0.25) is 10.3 Å². The lowest BCUT2D eigenvalue weighted by atomic mass is 9.96. The van der Waals surface area contributed by atoms with E-state index in [1.54, 1.807) is 0 Å². The summed E-state index contributed by atoms with van der Waals surface area (Å²) in [7, 11) is 0. The van der Waals surface area contributed by atoms with E-state index in [9.17, 15) is 0 Å². The van der Waals surface area contributed by atoms with Gasteiger partial charge in [0.15, 0.2) is 0 Å². The number of nitrogens with zero attached hydrogens (tertiary/aromatic N) is 1. The maximum Gasteiger partial charge on any atom is 0.0995 e. The molecule has 0 spiro atoms. The second kappa shape index (κ2) is 8.15. The first-order chi connectivity index (χ1) is 10.2. The number of benzene rings is 1. The second-order valence-corrected chi connectivity index (χ2v) is 5.81. The third-order valence-corrected chi connectivity index (χ3v) is 4.04. The number of nitrogens with two attached hydrogens (primary N) is 1. The summed E-state index contributed by atoms with van der Waals surface area (Å²) >= 11 is 0. The summed E-state index contributed by atoms with van der Waals surface area (Å²) in [6, 6.07) is 10.1. The maximum atomic E-state index is 7.89. The number of nitrogens with one attached hydrogen (secondary N) is 1. The fourth-order valence-electron chi connectivity index (χ4n) is 2.93. The van der Waals surface area contributed by atoms with Crippen LogP contribution in [0.25, 0.3) is 0 Å². The van der Waals surface area contributed by atoms with Crippen molar-refractivity contribution in [3.63, 3.8) is 0 Å². The Kier molecular flexibility index (Phi) is 6.21. The van der Waals surface area contributed by atoms with Gasteiger partial charge in [-0.1, -0.05) is 37.3 Å². The predicted molar refractivity (Wildman–Crippen MR) is 86.8 cm³/mol. The smallest absolute Gasteiger partial charge is 0.0995 e. The van der Waals surface area contributed by atoms with Gasteiger partial charge < -0.3 is 10.5 Å². The van der Waals surface area contributed by atoms with Crippen LogP contribution in [0.3, 0.4) is 0 Å². The minimum absolute atomic E-state index is 0.0175. The van der Waals surface area contributed by atoms with Gasteiger partial charge in [-0.15, -0.1) is 0 Å². The molecule has 116 valence electrons. The van der Waals surface area contributed by atoms with Crippen LogP contribution in [0.5, 0.6) is 0 Å².